The van der Waals surface area contributed by atoms with E-state index < -0.39 is 12.3 Å². The van der Waals surface area contributed by atoms with Gasteiger partial charge in [0.1, 0.15) is 11.3 Å². The molecule has 0 aliphatic carbocycles. The highest BCUT2D eigenvalue weighted by Gasteiger charge is 2.22. The maximum absolute atomic E-state index is 14.0. The SMILES string of the molecule is Cc1cnc(NC(=O)c2cncc3[nH]c(-c4ccc(N5CCOCC5)cc4C(F)F)nc23)s1. The molecule has 0 radical (unpaired) electrons. The summed E-state index contributed by atoms with van der Waals surface area (Å²) < 4.78 is 33.3. The molecule has 33 heavy (non-hydrogen) atoms. The molecule has 1 aliphatic heterocycles. The third-order valence-corrected chi connectivity index (χ3v) is 6.21. The zero-order valence-corrected chi connectivity index (χ0v) is 18.5. The maximum atomic E-state index is 14.0. The zero-order chi connectivity index (χ0) is 22.9. The number of nitrogens with one attached hydrogen (secondary N) is 2. The number of amides is 1. The van der Waals surface area contributed by atoms with Crippen LogP contribution < -0.4 is 10.2 Å². The van der Waals surface area contributed by atoms with E-state index in [2.05, 4.69) is 25.3 Å². The average molecular weight is 471 g/mol. The van der Waals surface area contributed by atoms with Gasteiger partial charge in [-0.25, -0.2) is 18.7 Å². The van der Waals surface area contributed by atoms with Crippen molar-refractivity contribution in [2.75, 3.05) is 36.5 Å². The molecule has 0 spiro atoms. The molecule has 5 rings (SSSR count). The number of rotatable bonds is 5. The number of aromatic nitrogens is 4. The Morgan fingerprint density at radius 3 is 2.79 bits per heavy atom. The standard InChI is InChI=1S/C22H20F2N6O2S/c1-12-9-26-22(33-12)29-21(31)16-10-25-11-17-18(16)28-20(27-17)14-3-2-13(8-15(14)19(23)24)30-4-6-32-7-5-30/h2-3,8-11,19H,4-7H2,1H3,(H,27,28)(H,26,29,31). The van der Waals surface area contributed by atoms with Gasteiger partial charge in [-0.3, -0.25) is 15.1 Å². The summed E-state index contributed by atoms with van der Waals surface area (Å²) in [5.74, 6) is -0.168. The fourth-order valence-corrected chi connectivity index (χ4v) is 4.43. The van der Waals surface area contributed by atoms with Crippen molar-refractivity contribution in [2.24, 2.45) is 0 Å². The highest BCUT2D eigenvalue weighted by Crippen LogP contribution is 2.34. The van der Waals surface area contributed by atoms with Crippen molar-refractivity contribution in [3.63, 3.8) is 0 Å². The molecular formula is C22H20F2N6O2S. The number of carbonyl (C=O) groups is 1. The summed E-state index contributed by atoms with van der Waals surface area (Å²) in [5.41, 5.74) is 1.92. The largest absolute Gasteiger partial charge is 0.378 e. The fourth-order valence-electron chi connectivity index (χ4n) is 3.77. The number of benzene rings is 1. The van der Waals surface area contributed by atoms with Gasteiger partial charge in [0, 0.05) is 47.2 Å². The summed E-state index contributed by atoms with van der Waals surface area (Å²) in [6, 6.07) is 4.93. The van der Waals surface area contributed by atoms with Crippen LogP contribution in [0.15, 0.2) is 36.8 Å². The maximum Gasteiger partial charge on any atom is 0.264 e. The number of alkyl halides is 2. The molecule has 3 aromatic heterocycles. The number of nitrogens with zero attached hydrogens (tertiary/aromatic N) is 4. The number of H-pyrrole nitrogens is 1. The number of imidazole rings is 1. The molecule has 0 bridgehead atoms. The van der Waals surface area contributed by atoms with E-state index in [0.717, 1.165) is 4.88 Å². The molecule has 4 aromatic rings. The first kappa shape index (κ1) is 21.4. The molecule has 2 N–H and O–H groups in total. The van der Waals surface area contributed by atoms with Crippen molar-refractivity contribution in [3.8, 4) is 11.4 Å². The minimum atomic E-state index is -2.69. The van der Waals surface area contributed by atoms with Gasteiger partial charge in [0.25, 0.3) is 12.3 Å². The Morgan fingerprint density at radius 2 is 2.06 bits per heavy atom. The quantitative estimate of drug-likeness (QED) is 0.448. The number of aromatic amines is 1. The average Bonchev–Trinajstić information content (AvgIpc) is 3.44. The Kier molecular flexibility index (Phi) is 5.73. The van der Waals surface area contributed by atoms with Gasteiger partial charge in [-0.05, 0) is 25.1 Å². The van der Waals surface area contributed by atoms with Gasteiger partial charge in [0.2, 0.25) is 0 Å². The minimum Gasteiger partial charge on any atom is -0.378 e. The number of ether oxygens (including phenoxy) is 1. The minimum absolute atomic E-state index is 0.129. The summed E-state index contributed by atoms with van der Waals surface area (Å²) in [6.07, 6.45) is 1.89. The number of hydrogen-bond donors (Lipinski definition) is 2. The molecule has 8 nitrogen and oxygen atoms in total. The van der Waals surface area contributed by atoms with Gasteiger partial charge in [-0.2, -0.15) is 0 Å². The van der Waals surface area contributed by atoms with E-state index in [0.29, 0.717) is 48.2 Å². The lowest BCUT2D eigenvalue weighted by Crippen LogP contribution is -2.36. The van der Waals surface area contributed by atoms with E-state index in [1.807, 2.05) is 11.8 Å². The lowest BCUT2D eigenvalue weighted by Gasteiger charge is -2.29. The second-order valence-corrected chi connectivity index (χ2v) is 8.81. The van der Waals surface area contributed by atoms with Crippen molar-refractivity contribution in [1.82, 2.24) is 19.9 Å². The van der Waals surface area contributed by atoms with Gasteiger partial charge in [0.15, 0.2) is 5.13 Å². The second kappa shape index (κ2) is 8.83. The smallest absolute Gasteiger partial charge is 0.264 e. The monoisotopic (exact) mass is 470 g/mol. The van der Waals surface area contributed by atoms with Crippen molar-refractivity contribution in [3.05, 3.63) is 52.8 Å². The summed E-state index contributed by atoms with van der Waals surface area (Å²) >= 11 is 1.35. The van der Waals surface area contributed by atoms with Gasteiger partial charge < -0.3 is 14.6 Å². The Labute approximate surface area is 191 Å². The number of aryl methyl sites for hydroxylation is 1. The van der Waals surface area contributed by atoms with Crippen LogP contribution in [0.4, 0.5) is 19.6 Å². The van der Waals surface area contributed by atoms with Crippen LogP contribution >= 0.6 is 11.3 Å². The van der Waals surface area contributed by atoms with E-state index in [1.165, 1.54) is 29.8 Å². The molecule has 0 unspecified atom stereocenters. The first-order valence-corrected chi connectivity index (χ1v) is 11.1. The third-order valence-electron chi connectivity index (χ3n) is 5.38. The normalized spacial score (nSPS) is 14.2. The number of halogens is 2. The Balaban J connectivity index is 1.51. The number of morpholine rings is 1. The molecule has 1 amide bonds. The molecule has 170 valence electrons. The van der Waals surface area contributed by atoms with Gasteiger partial charge >= 0.3 is 0 Å². The molecule has 1 aliphatic rings. The summed E-state index contributed by atoms with van der Waals surface area (Å²) in [5, 5.41) is 3.19. The van der Waals surface area contributed by atoms with Crippen molar-refractivity contribution in [1.29, 1.82) is 0 Å². The molecule has 0 atom stereocenters. The van der Waals surface area contributed by atoms with Crippen LogP contribution in [0.3, 0.4) is 0 Å². The summed E-state index contributed by atoms with van der Waals surface area (Å²) in [6.45, 7) is 4.31. The van der Waals surface area contributed by atoms with Crippen LogP contribution in [-0.4, -0.2) is 52.1 Å². The molecule has 0 saturated carbocycles. The van der Waals surface area contributed by atoms with Crippen LogP contribution in [0, 0.1) is 6.92 Å². The van der Waals surface area contributed by atoms with E-state index in [9.17, 15) is 13.6 Å². The number of carbonyl (C=O) groups excluding carboxylic acids is 1. The van der Waals surface area contributed by atoms with E-state index in [-0.39, 0.29) is 22.5 Å². The van der Waals surface area contributed by atoms with Crippen molar-refractivity contribution < 1.29 is 18.3 Å². The predicted octanol–water partition coefficient (Wildman–Crippen LogP) is 4.42. The number of fused-ring (bicyclic) bond motifs is 1. The fraction of sp³-hybridized carbons (Fsp3) is 0.273. The van der Waals surface area contributed by atoms with E-state index in [1.54, 1.807) is 18.3 Å². The summed E-state index contributed by atoms with van der Waals surface area (Å²) in [7, 11) is 0. The highest BCUT2D eigenvalue weighted by atomic mass is 32.1. The summed E-state index contributed by atoms with van der Waals surface area (Å²) in [4.78, 5) is 31.6. The lowest BCUT2D eigenvalue weighted by atomic mass is 10.1. The highest BCUT2D eigenvalue weighted by molar-refractivity contribution is 7.15. The Hall–Kier alpha value is -3.44. The Bertz CT molecular complexity index is 1320. The number of thiazole rings is 1. The first-order valence-electron chi connectivity index (χ1n) is 10.3. The van der Waals surface area contributed by atoms with Crippen molar-refractivity contribution in [2.45, 2.75) is 13.3 Å². The number of hydrogen-bond acceptors (Lipinski definition) is 7. The molecule has 1 fully saturated rings. The van der Waals surface area contributed by atoms with E-state index in [4.69, 9.17) is 4.74 Å². The molecule has 1 saturated heterocycles. The van der Waals surface area contributed by atoms with Gasteiger partial charge in [-0.1, -0.05) is 0 Å². The van der Waals surface area contributed by atoms with Crippen LogP contribution in [0.5, 0.6) is 0 Å². The number of pyridine rings is 1. The first-order chi connectivity index (χ1) is 16.0. The molecule has 4 heterocycles. The molecule has 11 heteroatoms. The second-order valence-electron chi connectivity index (χ2n) is 7.57. The van der Waals surface area contributed by atoms with Gasteiger partial charge in [0.05, 0.1) is 30.5 Å². The van der Waals surface area contributed by atoms with Crippen LogP contribution in [0.25, 0.3) is 22.4 Å². The zero-order valence-electron chi connectivity index (χ0n) is 17.6. The third kappa shape index (κ3) is 4.29. The topological polar surface area (TPSA) is 96.0 Å². The van der Waals surface area contributed by atoms with E-state index >= 15 is 0 Å². The lowest BCUT2D eigenvalue weighted by molar-refractivity contribution is 0.102. The van der Waals surface area contributed by atoms with Gasteiger partial charge in [-0.15, -0.1) is 11.3 Å². The van der Waals surface area contributed by atoms with Crippen LogP contribution in [-0.2, 0) is 4.74 Å². The van der Waals surface area contributed by atoms with Crippen LogP contribution in [0.2, 0.25) is 0 Å². The Morgan fingerprint density at radius 1 is 1.24 bits per heavy atom. The van der Waals surface area contributed by atoms with Crippen molar-refractivity contribution >= 4 is 39.1 Å². The predicted molar refractivity (Wildman–Crippen MR) is 122 cm³/mol. The molecular weight excluding hydrogens is 450 g/mol. The van der Waals surface area contributed by atoms with Crippen LogP contribution in [0.1, 0.15) is 27.2 Å². The molecule has 1 aromatic carbocycles. The number of anilines is 2.